The van der Waals surface area contributed by atoms with Crippen molar-refractivity contribution >= 4 is 5.69 Å². The van der Waals surface area contributed by atoms with Crippen LogP contribution in [0.15, 0.2) is 36.7 Å². The number of aromatic nitrogens is 1. The van der Waals surface area contributed by atoms with Crippen molar-refractivity contribution in [2.75, 3.05) is 5.73 Å². The molecule has 0 bridgehead atoms. The Morgan fingerprint density at radius 1 is 1.18 bits per heavy atom. The summed E-state index contributed by atoms with van der Waals surface area (Å²) in [6.07, 6.45) is 6.88. The van der Waals surface area contributed by atoms with E-state index in [2.05, 4.69) is 11.1 Å². The van der Waals surface area contributed by atoms with Crippen molar-refractivity contribution < 1.29 is 4.74 Å². The fraction of sp³-hybridized carbons (Fsp3) is 0.214. The molecule has 2 N–H and O–H groups in total. The van der Waals surface area contributed by atoms with Gasteiger partial charge >= 0.3 is 0 Å². The predicted octanol–water partition coefficient (Wildman–Crippen LogP) is 2.94. The van der Waals surface area contributed by atoms with E-state index in [1.54, 1.807) is 12.4 Å². The number of anilines is 1. The third kappa shape index (κ3) is 1.96. The Morgan fingerprint density at radius 2 is 2.00 bits per heavy atom. The maximum atomic E-state index is 6.00. The summed E-state index contributed by atoms with van der Waals surface area (Å²) in [4.78, 5) is 4.02. The molecule has 1 aliphatic carbocycles. The number of aryl methyl sites for hydroxylation is 2. The quantitative estimate of drug-likeness (QED) is 0.801. The van der Waals surface area contributed by atoms with E-state index < -0.39 is 0 Å². The molecule has 1 heterocycles. The molecule has 0 atom stereocenters. The highest BCUT2D eigenvalue weighted by Crippen LogP contribution is 2.33. The Bertz CT molecular complexity index is 537. The molecule has 2 aromatic rings. The van der Waals surface area contributed by atoms with E-state index >= 15 is 0 Å². The van der Waals surface area contributed by atoms with Crippen molar-refractivity contribution in [2.45, 2.75) is 19.3 Å². The number of fused-ring (bicyclic) bond motifs is 1. The summed E-state index contributed by atoms with van der Waals surface area (Å²) < 4.78 is 5.75. The normalized spacial score (nSPS) is 13.4. The van der Waals surface area contributed by atoms with Gasteiger partial charge in [-0.2, -0.15) is 0 Å². The summed E-state index contributed by atoms with van der Waals surface area (Å²) in [5, 5.41) is 0. The van der Waals surface area contributed by atoms with E-state index in [-0.39, 0.29) is 0 Å². The number of hydrogen-bond donors (Lipinski definition) is 1. The summed E-state index contributed by atoms with van der Waals surface area (Å²) in [5.74, 6) is 1.45. The van der Waals surface area contributed by atoms with Gasteiger partial charge in [-0.25, -0.2) is 0 Å². The van der Waals surface area contributed by atoms with Gasteiger partial charge in [0, 0.05) is 6.20 Å². The molecule has 0 unspecified atom stereocenters. The second-order valence-corrected chi connectivity index (χ2v) is 4.30. The van der Waals surface area contributed by atoms with Crippen LogP contribution in [0, 0.1) is 0 Å². The van der Waals surface area contributed by atoms with Crippen molar-refractivity contribution in [1.82, 2.24) is 4.98 Å². The minimum absolute atomic E-state index is 0.703. The van der Waals surface area contributed by atoms with Crippen LogP contribution in [0.5, 0.6) is 11.5 Å². The fourth-order valence-corrected chi connectivity index (χ4v) is 2.24. The second kappa shape index (κ2) is 4.09. The number of pyridine rings is 1. The molecule has 3 rings (SSSR count). The molecule has 0 spiro atoms. The van der Waals surface area contributed by atoms with Crippen LogP contribution < -0.4 is 10.5 Å². The molecule has 1 aromatic carbocycles. The number of nitrogens with zero attached hydrogens (tertiary/aromatic N) is 1. The topological polar surface area (TPSA) is 48.1 Å². The molecule has 1 aromatic heterocycles. The molecule has 0 aliphatic heterocycles. The molecular formula is C14H14N2O. The van der Waals surface area contributed by atoms with Gasteiger partial charge in [0.2, 0.25) is 0 Å². The highest BCUT2D eigenvalue weighted by molar-refractivity contribution is 5.59. The third-order valence-electron chi connectivity index (χ3n) is 3.09. The molecule has 0 fully saturated rings. The molecule has 3 heteroatoms. The van der Waals surface area contributed by atoms with Gasteiger partial charge in [-0.3, -0.25) is 4.98 Å². The van der Waals surface area contributed by atoms with Crippen LogP contribution in [-0.4, -0.2) is 4.98 Å². The summed E-state index contributed by atoms with van der Waals surface area (Å²) >= 11 is 0. The smallest absolute Gasteiger partial charge is 0.150 e. The zero-order valence-corrected chi connectivity index (χ0v) is 9.52. The van der Waals surface area contributed by atoms with E-state index in [9.17, 15) is 0 Å². The lowest BCUT2D eigenvalue weighted by molar-refractivity contribution is 0.482. The molecule has 0 saturated heterocycles. The molecule has 0 radical (unpaired) electrons. The Morgan fingerprint density at radius 3 is 2.76 bits per heavy atom. The maximum Gasteiger partial charge on any atom is 0.150 e. The first kappa shape index (κ1) is 10.1. The van der Waals surface area contributed by atoms with Crippen LogP contribution >= 0.6 is 0 Å². The van der Waals surface area contributed by atoms with Gasteiger partial charge in [-0.1, -0.05) is 0 Å². The lowest BCUT2D eigenvalue weighted by Gasteiger charge is -2.10. The standard InChI is InChI=1S/C14H14N2O/c15-13-7-10-3-1-4-11(10)8-14(13)17-12-5-2-6-16-9-12/h2,5-9H,1,3-4,15H2. The highest BCUT2D eigenvalue weighted by atomic mass is 16.5. The number of hydrogen-bond acceptors (Lipinski definition) is 3. The molecule has 0 amide bonds. The molecule has 86 valence electrons. The maximum absolute atomic E-state index is 6.00. The number of benzene rings is 1. The van der Waals surface area contributed by atoms with E-state index in [1.165, 1.54) is 17.5 Å². The number of nitrogens with two attached hydrogens (primary N) is 1. The SMILES string of the molecule is Nc1cc2c(cc1Oc1cccnc1)CCC2. The van der Waals surface area contributed by atoms with Gasteiger partial charge in [0.1, 0.15) is 5.75 Å². The Balaban J connectivity index is 1.93. The Kier molecular flexibility index (Phi) is 2.44. The van der Waals surface area contributed by atoms with E-state index in [0.29, 0.717) is 5.69 Å². The van der Waals surface area contributed by atoms with Gasteiger partial charge in [0.15, 0.2) is 5.75 Å². The monoisotopic (exact) mass is 226 g/mol. The molecule has 1 aliphatic rings. The average Bonchev–Trinajstić information content (AvgIpc) is 2.78. The van der Waals surface area contributed by atoms with Crippen molar-refractivity contribution in [3.05, 3.63) is 47.8 Å². The highest BCUT2D eigenvalue weighted by Gasteiger charge is 2.14. The van der Waals surface area contributed by atoms with E-state index in [1.807, 2.05) is 18.2 Å². The van der Waals surface area contributed by atoms with Crippen LogP contribution in [0.3, 0.4) is 0 Å². The molecule has 17 heavy (non-hydrogen) atoms. The van der Waals surface area contributed by atoms with E-state index in [4.69, 9.17) is 10.5 Å². The van der Waals surface area contributed by atoms with E-state index in [0.717, 1.165) is 24.3 Å². The lowest BCUT2D eigenvalue weighted by atomic mass is 10.1. The van der Waals surface area contributed by atoms with Crippen LogP contribution in [-0.2, 0) is 12.8 Å². The second-order valence-electron chi connectivity index (χ2n) is 4.30. The average molecular weight is 226 g/mol. The van der Waals surface area contributed by atoms with Crippen molar-refractivity contribution in [3.8, 4) is 11.5 Å². The van der Waals surface area contributed by atoms with Crippen LogP contribution in [0.4, 0.5) is 5.69 Å². The molecular weight excluding hydrogens is 212 g/mol. The number of nitrogen functional groups attached to an aromatic ring is 1. The summed E-state index contributed by atoms with van der Waals surface area (Å²) in [5.41, 5.74) is 9.42. The van der Waals surface area contributed by atoms with Gasteiger partial charge in [0.25, 0.3) is 0 Å². The van der Waals surface area contributed by atoms with Crippen LogP contribution in [0.1, 0.15) is 17.5 Å². The minimum atomic E-state index is 0.703. The van der Waals surface area contributed by atoms with Gasteiger partial charge < -0.3 is 10.5 Å². The Labute approximate surface area is 100 Å². The van der Waals surface area contributed by atoms with Crippen molar-refractivity contribution in [1.29, 1.82) is 0 Å². The van der Waals surface area contributed by atoms with Crippen molar-refractivity contribution in [2.24, 2.45) is 0 Å². The minimum Gasteiger partial charge on any atom is -0.454 e. The molecule has 3 nitrogen and oxygen atoms in total. The van der Waals surface area contributed by atoms with Crippen molar-refractivity contribution in [3.63, 3.8) is 0 Å². The Hall–Kier alpha value is -2.03. The fourth-order valence-electron chi connectivity index (χ4n) is 2.24. The lowest BCUT2D eigenvalue weighted by Crippen LogP contribution is -1.95. The van der Waals surface area contributed by atoms with Gasteiger partial charge in [0.05, 0.1) is 11.9 Å². The zero-order chi connectivity index (χ0) is 11.7. The van der Waals surface area contributed by atoms with Crippen LogP contribution in [0.2, 0.25) is 0 Å². The number of rotatable bonds is 2. The van der Waals surface area contributed by atoms with Gasteiger partial charge in [-0.15, -0.1) is 0 Å². The zero-order valence-electron chi connectivity index (χ0n) is 9.52. The third-order valence-corrected chi connectivity index (χ3v) is 3.09. The first-order valence-electron chi connectivity index (χ1n) is 5.82. The first-order chi connectivity index (χ1) is 8.33. The summed E-state index contributed by atoms with van der Waals surface area (Å²) in [7, 11) is 0. The summed E-state index contributed by atoms with van der Waals surface area (Å²) in [6, 6.07) is 7.82. The predicted molar refractivity (Wildman–Crippen MR) is 67.2 cm³/mol. The first-order valence-corrected chi connectivity index (χ1v) is 5.82. The van der Waals surface area contributed by atoms with Crippen LogP contribution in [0.25, 0.3) is 0 Å². The van der Waals surface area contributed by atoms with Gasteiger partial charge in [-0.05, 0) is 54.7 Å². The molecule has 0 saturated carbocycles. The number of ether oxygens (including phenoxy) is 1. The summed E-state index contributed by atoms with van der Waals surface area (Å²) in [6.45, 7) is 0. The largest absolute Gasteiger partial charge is 0.454 e.